The second-order valence-electron chi connectivity index (χ2n) is 6.75. The quantitative estimate of drug-likeness (QED) is 0.589. The molecule has 0 unspecified atom stereocenters. The SMILES string of the molecule is COc1cccc(-c2c(C)c(C)cc3c2C=C(c2ccc(C)o2)C3)c1. The van der Waals surface area contributed by atoms with Crippen molar-refractivity contribution in [3.8, 4) is 16.9 Å². The van der Waals surface area contributed by atoms with Gasteiger partial charge in [-0.15, -0.1) is 0 Å². The summed E-state index contributed by atoms with van der Waals surface area (Å²) in [6.45, 7) is 6.38. The highest BCUT2D eigenvalue weighted by atomic mass is 16.5. The van der Waals surface area contributed by atoms with Gasteiger partial charge in [-0.3, -0.25) is 0 Å². The Bertz CT molecular complexity index is 989. The summed E-state index contributed by atoms with van der Waals surface area (Å²) < 4.78 is 11.3. The predicted octanol–water partition coefficient (Wildman–Crippen LogP) is 5.98. The summed E-state index contributed by atoms with van der Waals surface area (Å²) in [7, 11) is 1.71. The molecule has 0 saturated heterocycles. The van der Waals surface area contributed by atoms with Gasteiger partial charge in [0.05, 0.1) is 7.11 Å². The Kier molecular flexibility index (Phi) is 3.76. The highest BCUT2D eigenvalue weighted by molar-refractivity contribution is 5.94. The van der Waals surface area contributed by atoms with Gasteiger partial charge in [0.1, 0.15) is 17.3 Å². The zero-order chi connectivity index (χ0) is 17.6. The van der Waals surface area contributed by atoms with Crippen LogP contribution in [0.4, 0.5) is 0 Å². The lowest BCUT2D eigenvalue weighted by molar-refractivity contribution is 0.415. The van der Waals surface area contributed by atoms with E-state index >= 15 is 0 Å². The molecule has 0 bridgehead atoms. The molecule has 0 aliphatic heterocycles. The van der Waals surface area contributed by atoms with E-state index < -0.39 is 0 Å². The summed E-state index contributed by atoms with van der Waals surface area (Å²) in [6, 6.07) is 14.7. The van der Waals surface area contributed by atoms with Crippen molar-refractivity contribution in [3.05, 3.63) is 76.2 Å². The Balaban J connectivity index is 1.90. The molecule has 25 heavy (non-hydrogen) atoms. The Morgan fingerprint density at radius 2 is 1.84 bits per heavy atom. The molecule has 0 atom stereocenters. The molecule has 2 aromatic carbocycles. The minimum absolute atomic E-state index is 0.885. The van der Waals surface area contributed by atoms with E-state index in [4.69, 9.17) is 9.15 Å². The molecule has 1 aliphatic carbocycles. The van der Waals surface area contributed by atoms with Gasteiger partial charge in [-0.1, -0.05) is 18.2 Å². The molecule has 2 nitrogen and oxygen atoms in total. The molecule has 1 aliphatic rings. The summed E-state index contributed by atoms with van der Waals surface area (Å²) in [4.78, 5) is 0. The average Bonchev–Trinajstić information content (AvgIpc) is 3.22. The molecule has 0 amide bonds. The van der Waals surface area contributed by atoms with Crippen molar-refractivity contribution in [1.82, 2.24) is 0 Å². The molecule has 0 saturated carbocycles. The predicted molar refractivity (Wildman–Crippen MR) is 103 cm³/mol. The van der Waals surface area contributed by atoms with Gasteiger partial charge in [0.25, 0.3) is 0 Å². The first-order chi connectivity index (χ1) is 12.1. The van der Waals surface area contributed by atoms with Crippen LogP contribution in [0, 0.1) is 20.8 Å². The zero-order valence-electron chi connectivity index (χ0n) is 15.1. The first-order valence-electron chi connectivity index (χ1n) is 8.61. The normalized spacial score (nSPS) is 12.9. The number of benzene rings is 2. The molecule has 0 spiro atoms. The molecule has 1 heterocycles. The second kappa shape index (κ2) is 5.96. The zero-order valence-corrected chi connectivity index (χ0v) is 15.1. The van der Waals surface area contributed by atoms with E-state index in [0.717, 1.165) is 23.7 Å². The standard InChI is InChI=1S/C23H22O2/c1-14-10-18-11-19(22-9-8-15(2)25-22)13-21(18)23(16(14)3)17-6-5-7-20(12-17)24-4/h5-10,12-13H,11H2,1-4H3. The first kappa shape index (κ1) is 15.8. The minimum Gasteiger partial charge on any atom is -0.497 e. The van der Waals surface area contributed by atoms with Crippen molar-refractivity contribution in [2.75, 3.05) is 7.11 Å². The van der Waals surface area contributed by atoms with Crippen LogP contribution in [0.3, 0.4) is 0 Å². The Morgan fingerprint density at radius 1 is 1.00 bits per heavy atom. The van der Waals surface area contributed by atoms with Crippen LogP contribution in [0.2, 0.25) is 0 Å². The van der Waals surface area contributed by atoms with E-state index in [1.165, 1.54) is 39.0 Å². The van der Waals surface area contributed by atoms with Crippen molar-refractivity contribution in [2.45, 2.75) is 27.2 Å². The average molecular weight is 330 g/mol. The van der Waals surface area contributed by atoms with E-state index in [1.54, 1.807) is 7.11 Å². The van der Waals surface area contributed by atoms with Crippen LogP contribution in [0.25, 0.3) is 22.8 Å². The van der Waals surface area contributed by atoms with Gasteiger partial charge >= 0.3 is 0 Å². The molecule has 3 aromatic rings. The lowest BCUT2D eigenvalue weighted by atomic mass is 9.89. The highest BCUT2D eigenvalue weighted by Gasteiger charge is 2.22. The lowest BCUT2D eigenvalue weighted by Gasteiger charge is -2.15. The number of ether oxygens (including phenoxy) is 1. The number of allylic oxidation sites excluding steroid dienone is 1. The van der Waals surface area contributed by atoms with E-state index in [9.17, 15) is 0 Å². The summed E-state index contributed by atoms with van der Waals surface area (Å²) in [5.74, 6) is 2.81. The fourth-order valence-electron chi connectivity index (χ4n) is 3.66. The second-order valence-corrected chi connectivity index (χ2v) is 6.75. The molecular weight excluding hydrogens is 308 g/mol. The van der Waals surface area contributed by atoms with Crippen molar-refractivity contribution in [2.24, 2.45) is 0 Å². The smallest absolute Gasteiger partial charge is 0.130 e. The summed E-state index contributed by atoms with van der Waals surface area (Å²) in [5, 5.41) is 0. The van der Waals surface area contributed by atoms with Crippen LogP contribution in [0.15, 0.2) is 46.9 Å². The molecular formula is C23H22O2. The number of aryl methyl sites for hydroxylation is 2. The van der Waals surface area contributed by atoms with Gasteiger partial charge in [0.15, 0.2) is 0 Å². The summed E-state index contributed by atoms with van der Waals surface area (Å²) in [5.41, 5.74) is 9.06. The maximum absolute atomic E-state index is 5.85. The van der Waals surface area contributed by atoms with Crippen molar-refractivity contribution in [1.29, 1.82) is 0 Å². The fraction of sp³-hybridized carbons (Fsp3) is 0.217. The molecule has 0 fully saturated rings. The minimum atomic E-state index is 0.885. The number of hydrogen-bond donors (Lipinski definition) is 0. The molecule has 0 radical (unpaired) electrons. The van der Waals surface area contributed by atoms with Gasteiger partial charge in [-0.2, -0.15) is 0 Å². The molecule has 1 aromatic heterocycles. The van der Waals surface area contributed by atoms with Crippen LogP contribution in [-0.2, 0) is 6.42 Å². The third-order valence-electron chi connectivity index (χ3n) is 5.09. The van der Waals surface area contributed by atoms with Crippen LogP contribution >= 0.6 is 0 Å². The number of methoxy groups -OCH3 is 1. The number of rotatable bonds is 3. The largest absolute Gasteiger partial charge is 0.497 e. The number of fused-ring (bicyclic) bond motifs is 1. The third kappa shape index (κ3) is 2.68. The summed E-state index contributed by atoms with van der Waals surface area (Å²) in [6.07, 6.45) is 3.20. The number of furan rings is 1. The number of hydrogen-bond acceptors (Lipinski definition) is 2. The maximum Gasteiger partial charge on any atom is 0.130 e. The van der Waals surface area contributed by atoms with Crippen LogP contribution in [-0.4, -0.2) is 7.11 Å². The lowest BCUT2D eigenvalue weighted by Crippen LogP contribution is -1.95. The highest BCUT2D eigenvalue weighted by Crippen LogP contribution is 2.41. The van der Waals surface area contributed by atoms with E-state index in [1.807, 2.05) is 19.1 Å². The van der Waals surface area contributed by atoms with Crippen LogP contribution in [0.1, 0.15) is 33.8 Å². The molecule has 4 rings (SSSR count). The molecule has 2 heteroatoms. The topological polar surface area (TPSA) is 22.4 Å². The van der Waals surface area contributed by atoms with Crippen LogP contribution < -0.4 is 4.74 Å². The van der Waals surface area contributed by atoms with Gasteiger partial charge in [-0.25, -0.2) is 0 Å². The third-order valence-corrected chi connectivity index (χ3v) is 5.09. The summed E-state index contributed by atoms with van der Waals surface area (Å²) >= 11 is 0. The Morgan fingerprint density at radius 3 is 2.56 bits per heavy atom. The van der Waals surface area contributed by atoms with Crippen molar-refractivity contribution < 1.29 is 9.15 Å². The fourth-order valence-corrected chi connectivity index (χ4v) is 3.66. The monoisotopic (exact) mass is 330 g/mol. The molecule has 126 valence electrons. The van der Waals surface area contributed by atoms with Gasteiger partial charge in [0.2, 0.25) is 0 Å². The molecule has 0 N–H and O–H groups in total. The van der Waals surface area contributed by atoms with Gasteiger partial charge in [0, 0.05) is 6.42 Å². The Labute approximate surface area is 148 Å². The van der Waals surface area contributed by atoms with Crippen molar-refractivity contribution >= 4 is 11.6 Å². The Hall–Kier alpha value is -2.74. The van der Waals surface area contributed by atoms with Gasteiger partial charge < -0.3 is 9.15 Å². The van der Waals surface area contributed by atoms with Crippen LogP contribution in [0.5, 0.6) is 5.75 Å². The van der Waals surface area contributed by atoms with E-state index in [-0.39, 0.29) is 0 Å². The maximum atomic E-state index is 5.85. The van der Waals surface area contributed by atoms with E-state index in [0.29, 0.717) is 0 Å². The first-order valence-corrected chi connectivity index (χ1v) is 8.61. The van der Waals surface area contributed by atoms with Gasteiger partial charge in [-0.05, 0) is 90.1 Å². The van der Waals surface area contributed by atoms with Crippen molar-refractivity contribution in [3.63, 3.8) is 0 Å². The van der Waals surface area contributed by atoms with E-state index in [2.05, 4.69) is 50.3 Å².